The number of nitriles is 1. The Hall–Kier alpha value is -4.65. The number of nitro benzene ring substituents is 1. The number of carbonyl (C=O) groups excluding carboxylic acids is 1. The minimum atomic E-state index is -4.60. The minimum absolute atomic E-state index is 0.146. The highest BCUT2D eigenvalue weighted by atomic mass is 19.4. The molecule has 0 bridgehead atoms. The van der Waals surface area contributed by atoms with Crippen molar-refractivity contribution in [2.45, 2.75) is 6.18 Å². The van der Waals surface area contributed by atoms with E-state index in [0.29, 0.717) is 11.4 Å². The fraction of sp³-hybridized carbons (Fsp3) is 0.0833. The van der Waals surface area contributed by atoms with Crippen LogP contribution in [-0.2, 0) is 11.0 Å². The van der Waals surface area contributed by atoms with Crippen LogP contribution in [-0.4, -0.2) is 17.9 Å². The molecule has 3 aromatic carbocycles. The van der Waals surface area contributed by atoms with Gasteiger partial charge in [-0.1, -0.05) is 30.3 Å². The van der Waals surface area contributed by atoms with E-state index in [1.807, 2.05) is 6.07 Å². The first kappa shape index (κ1) is 24.0. The maximum Gasteiger partial charge on any atom is 0.416 e. The Morgan fingerprint density at radius 1 is 1.09 bits per heavy atom. The lowest BCUT2D eigenvalue weighted by Crippen LogP contribution is -2.14. The Balaban J connectivity index is 1.90. The van der Waals surface area contributed by atoms with Crippen molar-refractivity contribution >= 4 is 34.7 Å². The number of carbonyl (C=O) groups is 1. The van der Waals surface area contributed by atoms with Crippen molar-refractivity contribution in [1.82, 2.24) is 0 Å². The van der Waals surface area contributed by atoms with E-state index in [1.165, 1.54) is 24.3 Å². The van der Waals surface area contributed by atoms with Gasteiger partial charge in [-0.15, -0.1) is 0 Å². The van der Waals surface area contributed by atoms with Gasteiger partial charge in [0.15, 0.2) is 0 Å². The summed E-state index contributed by atoms with van der Waals surface area (Å²) in [5.41, 5.74) is -0.583. The molecule has 1 amide bonds. The average Bonchev–Trinajstić information content (AvgIpc) is 2.82. The van der Waals surface area contributed by atoms with Gasteiger partial charge in [-0.2, -0.15) is 18.4 Å². The van der Waals surface area contributed by atoms with Gasteiger partial charge >= 0.3 is 6.18 Å². The predicted octanol–water partition coefficient (Wildman–Crippen LogP) is 5.93. The standard InChI is InChI=1S/C24H17F3N4O3/c1-30(20-8-3-2-4-9-20)21-11-10-16(13-22(21)31(33)34)12-17(15-28)23(32)29-19-7-5-6-18(14-19)24(25,26)27/h2-14H,1H3,(H,29,32). The highest BCUT2D eigenvalue weighted by molar-refractivity contribution is 6.09. The van der Waals surface area contributed by atoms with Crippen LogP contribution in [0, 0.1) is 21.4 Å². The molecule has 0 unspecified atom stereocenters. The number of hydrogen-bond donors (Lipinski definition) is 1. The third-order valence-corrected chi connectivity index (χ3v) is 4.82. The fourth-order valence-corrected chi connectivity index (χ4v) is 3.14. The Morgan fingerprint density at radius 2 is 1.79 bits per heavy atom. The summed E-state index contributed by atoms with van der Waals surface area (Å²) in [7, 11) is 1.66. The normalized spacial score (nSPS) is 11.4. The highest BCUT2D eigenvalue weighted by Gasteiger charge is 2.30. The second-order valence-corrected chi connectivity index (χ2v) is 7.10. The van der Waals surface area contributed by atoms with Gasteiger partial charge in [-0.05, 0) is 48.0 Å². The summed E-state index contributed by atoms with van der Waals surface area (Å²) >= 11 is 0. The monoisotopic (exact) mass is 466 g/mol. The SMILES string of the molecule is CN(c1ccccc1)c1ccc(C=C(C#N)C(=O)Nc2cccc(C(F)(F)F)c2)cc1[N+](=O)[O-]. The van der Waals surface area contributed by atoms with E-state index in [0.717, 1.165) is 24.3 Å². The van der Waals surface area contributed by atoms with E-state index in [1.54, 1.807) is 42.3 Å². The molecule has 7 nitrogen and oxygen atoms in total. The number of halogens is 3. The van der Waals surface area contributed by atoms with Crippen LogP contribution in [0.25, 0.3) is 6.08 Å². The van der Waals surface area contributed by atoms with Gasteiger partial charge in [-0.3, -0.25) is 14.9 Å². The second kappa shape index (κ2) is 9.87. The maximum absolute atomic E-state index is 12.9. The largest absolute Gasteiger partial charge is 0.416 e. The number of hydrogen-bond acceptors (Lipinski definition) is 5. The van der Waals surface area contributed by atoms with Crippen molar-refractivity contribution in [2.24, 2.45) is 0 Å². The van der Waals surface area contributed by atoms with E-state index in [-0.39, 0.29) is 16.9 Å². The Morgan fingerprint density at radius 3 is 2.41 bits per heavy atom. The second-order valence-electron chi connectivity index (χ2n) is 7.10. The van der Waals surface area contributed by atoms with E-state index < -0.39 is 28.1 Å². The summed E-state index contributed by atoms with van der Waals surface area (Å²) in [6.07, 6.45) is -3.47. The Labute approximate surface area is 192 Å². The van der Waals surface area contributed by atoms with Gasteiger partial charge in [0, 0.05) is 24.5 Å². The van der Waals surface area contributed by atoms with Crippen LogP contribution in [0.5, 0.6) is 0 Å². The lowest BCUT2D eigenvalue weighted by molar-refractivity contribution is -0.384. The first-order valence-electron chi connectivity index (χ1n) is 9.78. The summed E-state index contributed by atoms with van der Waals surface area (Å²) in [6.45, 7) is 0. The molecule has 0 saturated carbocycles. The van der Waals surface area contributed by atoms with Crippen LogP contribution >= 0.6 is 0 Å². The zero-order valence-corrected chi connectivity index (χ0v) is 17.7. The number of nitrogens with one attached hydrogen (secondary N) is 1. The lowest BCUT2D eigenvalue weighted by Gasteiger charge is -2.19. The van der Waals surface area contributed by atoms with Gasteiger partial charge in [-0.25, -0.2) is 0 Å². The Kier molecular flexibility index (Phi) is 6.97. The number of rotatable bonds is 6. The molecule has 0 aliphatic heterocycles. The molecular weight excluding hydrogens is 449 g/mol. The number of nitro groups is 1. The van der Waals surface area contributed by atoms with Crippen molar-refractivity contribution in [2.75, 3.05) is 17.3 Å². The van der Waals surface area contributed by atoms with Crippen LogP contribution in [0.15, 0.2) is 78.4 Å². The molecule has 10 heteroatoms. The molecule has 0 heterocycles. The maximum atomic E-state index is 12.9. The van der Waals surface area contributed by atoms with Crippen LogP contribution in [0.4, 0.5) is 35.9 Å². The van der Waals surface area contributed by atoms with E-state index >= 15 is 0 Å². The molecule has 3 aromatic rings. The van der Waals surface area contributed by atoms with Gasteiger partial charge in [0.2, 0.25) is 0 Å². The van der Waals surface area contributed by atoms with Crippen molar-refractivity contribution in [1.29, 1.82) is 5.26 Å². The Bertz CT molecular complexity index is 1300. The molecule has 0 radical (unpaired) electrons. The lowest BCUT2D eigenvalue weighted by atomic mass is 10.1. The van der Waals surface area contributed by atoms with E-state index in [2.05, 4.69) is 5.32 Å². The molecule has 3 rings (SSSR count). The molecule has 0 aliphatic rings. The molecule has 0 fully saturated rings. The first-order chi connectivity index (χ1) is 16.1. The molecule has 0 atom stereocenters. The smallest absolute Gasteiger partial charge is 0.339 e. The van der Waals surface area contributed by atoms with Gasteiger partial charge in [0.05, 0.1) is 10.5 Å². The predicted molar refractivity (Wildman–Crippen MR) is 121 cm³/mol. The molecule has 0 saturated heterocycles. The number of alkyl halides is 3. The van der Waals surface area contributed by atoms with E-state index in [4.69, 9.17) is 0 Å². The van der Waals surface area contributed by atoms with Gasteiger partial charge in [0.25, 0.3) is 11.6 Å². The quantitative estimate of drug-likeness (QED) is 0.210. The molecule has 0 aliphatic carbocycles. The summed E-state index contributed by atoms with van der Waals surface area (Å²) in [6, 6.07) is 18.8. The van der Waals surface area contributed by atoms with E-state index in [9.17, 15) is 33.3 Å². The van der Waals surface area contributed by atoms with Gasteiger partial charge < -0.3 is 10.2 Å². The first-order valence-corrected chi connectivity index (χ1v) is 9.78. The fourth-order valence-electron chi connectivity index (χ4n) is 3.14. The summed E-state index contributed by atoms with van der Waals surface area (Å²) in [4.78, 5) is 25.2. The number of nitrogens with zero attached hydrogens (tertiary/aromatic N) is 3. The highest BCUT2D eigenvalue weighted by Crippen LogP contribution is 2.34. The molecule has 172 valence electrons. The number of amides is 1. The van der Waals surface area contributed by atoms with Crippen LogP contribution < -0.4 is 10.2 Å². The molecular formula is C24H17F3N4O3. The summed E-state index contributed by atoms with van der Waals surface area (Å²) in [5.74, 6) is -0.949. The number of benzene rings is 3. The topological polar surface area (TPSA) is 99.3 Å². The van der Waals surface area contributed by atoms with Crippen molar-refractivity contribution in [3.8, 4) is 6.07 Å². The van der Waals surface area contributed by atoms with Crippen molar-refractivity contribution in [3.63, 3.8) is 0 Å². The van der Waals surface area contributed by atoms with Crippen LogP contribution in [0.2, 0.25) is 0 Å². The molecule has 1 N–H and O–H groups in total. The average molecular weight is 466 g/mol. The molecule has 0 spiro atoms. The number of para-hydroxylation sites is 1. The zero-order chi connectivity index (χ0) is 24.9. The van der Waals surface area contributed by atoms with Gasteiger partial charge in [0.1, 0.15) is 17.3 Å². The third kappa shape index (κ3) is 5.58. The summed E-state index contributed by atoms with van der Waals surface area (Å²) in [5, 5.41) is 23.3. The number of anilines is 3. The third-order valence-electron chi connectivity index (χ3n) is 4.82. The van der Waals surface area contributed by atoms with Crippen molar-refractivity contribution < 1.29 is 22.9 Å². The van der Waals surface area contributed by atoms with Crippen LogP contribution in [0.1, 0.15) is 11.1 Å². The van der Waals surface area contributed by atoms with Crippen molar-refractivity contribution in [3.05, 3.63) is 99.6 Å². The van der Waals surface area contributed by atoms with Crippen LogP contribution in [0.3, 0.4) is 0 Å². The minimum Gasteiger partial charge on any atom is -0.339 e. The molecule has 0 aromatic heterocycles. The zero-order valence-electron chi connectivity index (χ0n) is 17.7. The summed E-state index contributed by atoms with van der Waals surface area (Å²) < 4.78 is 38.7. The molecule has 34 heavy (non-hydrogen) atoms.